The number of fused-ring (bicyclic) bond motifs is 1. The fraction of sp³-hybridized carbons (Fsp3) is 0.500. The van der Waals surface area contributed by atoms with Crippen LogP contribution in [0.4, 0.5) is 5.82 Å². The van der Waals surface area contributed by atoms with Gasteiger partial charge in [-0.15, -0.1) is 0 Å². The van der Waals surface area contributed by atoms with Gasteiger partial charge in [-0.3, -0.25) is 0 Å². The smallest absolute Gasteiger partial charge is 0.143 e. The van der Waals surface area contributed by atoms with E-state index in [9.17, 15) is 0 Å². The summed E-state index contributed by atoms with van der Waals surface area (Å²) in [5.74, 6) is 2.64. The highest BCUT2D eigenvalue weighted by Gasteiger charge is 2.29. The molecule has 82 valence electrons. The number of anilines is 1. The lowest BCUT2D eigenvalue weighted by atomic mass is 10.3. The molecule has 0 unspecified atom stereocenters. The van der Waals surface area contributed by atoms with E-state index in [4.69, 9.17) is 0 Å². The summed E-state index contributed by atoms with van der Waals surface area (Å²) in [5, 5.41) is 4.62. The molecule has 2 aromatic rings. The van der Waals surface area contributed by atoms with Gasteiger partial charge in [-0.1, -0.05) is 0 Å². The second kappa shape index (κ2) is 2.97. The summed E-state index contributed by atoms with van der Waals surface area (Å²) in [6, 6.07) is 2.69. The average molecular weight is 214 g/mol. The zero-order valence-corrected chi connectivity index (χ0v) is 9.03. The third kappa shape index (κ3) is 1.37. The van der Waals surface area contributed by atoms with Gasteiger partial charge >= 0.3 is 0 Å². The quantitative estimate of drug-likeness (QED) is 0.825. The van der Waals surface area contributed by atoms with Crippen LogP contribution in [0.25, 0.3) is 11.0 Å². The molecule has 4 heteroatoms. The van der Waals surface area contributed by atoms with E-state index in [1.807, 2.05) is 6.20 Å². The van der Waals surface area contributed by atoms with E-state index < -0.39 is 0 Å². The number of aromatic nitrogens is 3. The largest absolute Gasteiger partial charge is 0.367 e. The molecule has 0 aliphatic heterocycles. The van der Waals surface area contributed by atoms with Crippen molar-refractivity contribution in [3.63, 3.8) is 0 Å². The van der Waals surface area contributed by atoms with Gasteiger partial charge in [0.05, 0.1) is 5.39 Å². The van der Waals surface area contributed by atoms with Gasteiger partial charge in [0.25, 0.3) is 0 Å². The van der Waals surface area contributed by atoms with Gasteiger partial charge in [0.15, 0.2) is 0 Å². The standard InChI is InChI=1S/C12H14N4/c1-2-7(1)10-15-11-9(5-6-13-11)12(16-10)14-8-3-4-8/h5-8H,1-4H2,(H2,13,14,15,16). The van der Waals surface area contributed by atoms with Crippen LogP contribution in [0.15, 0.2) is 12.3 Å². The molecule has 2 aliphatic rings. The first kappa shape index (κ1) is 8.56. The minimum atomic E-state index is 0.604. The Bertz CT molecular complexity index is 537. The Labute approximate surface area is 93.5 Å². The van der Waals surface area contributed by atoms with E-state index >= 15 is 0 Å². The van der Waals surface area contributed by atoms with Crippen LogP contribution in [-0.2, 0) is 0 Å². The third-order valence-corrected chi connectivity index (χ3v) is 3.29. The molecular weight excluding hydrogens is 200 g/mol. The average Bonchev–Trinajstić information content (AvgIpc) is 3.18. The predicted molar refractivity (Wildman–Crippen MR) is 62.5 cm³/mol. The van der Waals surface area contributed by atoms with Crippen LogP contribution >= 0.6 is 0 Å². The van der Waals surface area contributed by atoms with Crippen molar-refractivity contribution in [2.24, 2.45) is 0 Å². The second-order valence-electron chi connectivity index (χ2n) is 4.86. The number of rotatable bonds is 3. The van der Waals surface area contributed by atoms with Crippen molar-refractivity contribution < 1.29 is 0 Å². The lowest BCUT2D eigenvalue weighted by molar-refractivity contribution is 0.937. The van der Waals surface area contributed by atoms with Crippen LogP contribution < -0.4 is 5.32 Å². The molecule has 0 radical (unpaired) electrons. The molecule has 0 saturated heterocycles. The molecule has 0 spiro atoms. The van der Waals surface area contributed by atoms with E-state index in [0.717, 1.165) is 22.7 Å². The number of nitrogens with zero attached hydrogens (tertiary/aromatic N) is 2. The summed E-state index contributed by atoms with van der Waals surface area (Å²) in [7, 11) is 0. The van der Waals surface area contributed by atoms with Crippen molar-refractivity contribution in [2.45, 2.75) is 37.6 Å². The Morgan fingerprint density at radius 2 is 2.06 bits per heavy atom. The molecule has 4 rings (SSSR count). The summed E-state index contributed by atoms with van der Waals surface area (Å²) in [5.41, 5.74) is 0.972. The molecule has 2 N–H and O–H groups in total. The molecular formula is C12H14N4. The van der Waals surface area contributed by atoms with Crippen LogP contribution in [0.2, 0.25) is 0 Å². The first-order chi connectivity index (χ1) is 7.90. The first-order valence-corrected chi connectivity index (χ1v) is 6.02. The summed E-state index contributed by atoms with van der Waals surface area (Å²) in [6.45, 7) is 0. The molecule has 0 aromatic carbocycles. The highest BCUT2D eigenvalue weighted by Crippen LogP contribution is 2.39. The summed E-state index contributed by atoms with van der Waals surface area (Å²) in [4.78, 5) is 12.4. The summed E-state index contributed by atoms with van der Waals surface area (Å²) < 4.78 is 0. The van der Waals surface area contributed by atoms with Crippen molar-refractivity contribution in [1.29, 1.82) is 0 Å². The second-order valence-corrected chi connectivity index (χ2v) is 4.86. The van der Waals surface area contributed by atoms with E-state index in [1.165, 1.54) is 25.7 Å². The maximum absolute atomic E-state index is 4.67. The lowest BCUT2D eigenvalue weighted by Crippen LogP contribution is -2.06. The Morgan fingerprint density at radius 3 is 2.81 bits per heavy atom. The van der Waals surface area contributed by atoms with Crippen molar-refractivity contribution >= 4 is 16.9 Å². The van der Waals surface area contributed by atoms with E-state index in [0.29, 0.717) is 12.0 Å². The topological polar surface area (TPSA) is 53.6 Å². The molecule has 2 fully saturated rings. The van der Waals surface area contributed by atoms with Crippen molar-refractivity contribution in [3.8, 4) is 0 Å². The zero-order valence-electron chi connectivity index (χ0n) is 9.03. The molecule has 16 heavy (non-hydrogen) atoms. The maximum atomic E-state index is 4.67. The number of hydrogen-bond acceptors (Lipinski definition) is 3. The van der Waals surface area contributed by atoms with E-state index in [2.05, 4.69) is 26.3 Å². The van der Waals surface area contributed by atoms with Crippen molar-refractivity contribution in [3.05, 3.63) is 18.1 Å². The SMILES string of the molecule is c1cc2c(NC3CC3)nc(C3CC3)nc2[nH]1. The van der Waals surface area contributed by atoms with Gasteiger partial charge in [-0.2, -0.15) is 0 Å². The van der Waals surface area contributed by atoms with Gasteiger partial charge in [0, 0.05) is 18.2 Å². The molecule has 4 nitrogen and oxygen atoms in total. The Balaban J connectivity index is 1.84. The lowest BCUT2D eigenvalue weighted by Gasteiger charge is -2.07. The van der Waals surface area contributed by atoms with Gasteiger partial charge in [0.2, 0.25) is 0 Å². The van der Waals surface area contributed by atoms with Gasteiger partial charge in [0.1, 0.15) is 17.3 Å². The molecule has 2 heterocycles. The Morgan fingerprint density at radius 1 is 1.19 bits per heavy atom. The van der Waals surface area contributed by atoms with E-state index in [-0.39, 0.29) is 0 Å². The predicted octanol–water partition coefficient (Wildman–Crippen LogP) is 2.41. The fourth-order valence-corrected chi connectivity index (χ4v) is 2.01. The molecule has 2 saturated carbocycles. The first-order valence-electron chi connectivity index (χ1n) is 6.02. The van der Waals surface area contributed by atoms with Gasteiger partial charge in [-0.05, 0) is 31.7 Å². The van der Waals surface area contributed by atoms with Crippen LogP contribution in [-0.4, -0.2) is 21.0 Å². The molecule has 0 atom stereocenters. The monoisotopic (exact) mass is 214 g/mol. The third-order valence-electron chi connectivity index (χ3n) is 3.29. The Kier molecular flexibility index (Phi) is 1.59. The van der Waals surface area contributed by atoms with Crippen molar-refractivity contribution in [2.75, 3.05) is 5.32 Å². The van der Waals surface area contributed by atoms with Crippen LogP contribution in [0.1, 0.15) is 37.4 Å². The minimum Gasteiger partial charge on any atom is -0.367 e. The normalized spacial score (nSPS) is 20.2. The zero-order chi connectivity index (χ0) is 10.5. The van der Waals surface area contributed by atoms with Crippen LogP contribution in [0, 0.1) is 0 Å². The maximum Gasteiger partial charge on any atom is 0.143 e. The van der Waals surface area contributed by atoms with Gasteiger partial charge in [-0.25, -0.2) is 9.97 Å². The number of nitrogens with one attached hydrogen (secondary N) is 2. The number of H-pyrrole nitrogens is 1. The highest BCUT2D eigenvalue weighted by atomic mass is 15.1. The fourth-order valence-electron chi connectivity index (χ4n) is 2.01. The number of aromatic amines is 1. The molecule has 0 amide bonds. The molecule has 2 aliphatic carbocycles. The Hall–Kier alpha value is -1.58. The van der Waals surface area contributed by atoms with Crippen LogP contribution in [0.5, 0.6) is 0 Å². The van der Waals surface area contributed by atoms with E-state index in [1.54, 1.807) is 0 Å². The summed E-state index contributed by atoms with van der Waals surface area (Å²) in [6.07, 6.45) is 6.97. The van der Waals surface area contributed by atoms with Gasteiger partial charge < -0.3 is 10.3 Å². The minimum absolute atomic E-state index is 0.604. The number of hydrogen-bond donors (Lipinski definition) is 2. The van der Waals surface area contributed by atoms with Crippen LogP contribution in [0.3, 0.4) is 0 Å². The molecule has 2 aromatic heterocycles. The highest BCUT2D eigenvalue weighted by molar-refractivity contribution is 5.87. The van der Waals surface area contributed by atoms with Crippen molar-refractivity contribution in [1.82, 2.24) is 15.0 Å². The summed E-state index contributed by atoms with van der Waals surface area (Å²) >= 11 is 0. The molecule has 0 bridgehead atoms.